The quantitative estimate of drug-likeness (QED) is 0.343. The largest absolute Gasteiger partial charge is 0.463 e. The van der Waals surface area contributed by atoms with Crippen LogP contribution in [0.5, 0.6) is 0 Å². The van der Waals surface area contributed by atoms with Crippen LogP contribution in [-0.2, 0) is 14.3 Å². The lowest BCUT2D eigenvalue weighted by Gasteiger charge is -2.11. The minimum atomic E-state index is -0.985. The van der Waals surface area contributed by atoms with E-state index in [4.69, 9.17) is 5.11 Å². The van der Waals surface area contributed by atoms with E-state index < -0.39 is 18.2 Å². The van der Waals surface area contributed by atoms with Crippen molar-refractivity contribution in [3.63, 3.8) is 0 Å². The van der Waals surface area contributed by atoms with Crippen LogP contribution in [0.1, 0.15) is 13.3 Å². The zero-order valence-electron chi connectivity index (χ0n) is 7.73. The molecule has 7 heteroatoms. The molecule has 0 saturated heterocycles. The zero-order valence-corrected chi connectivity index (χ0v) is 8.62. The van der Waals surface area contributed by atoms with Crippen molar-refractivity contribution in [2.24, 2.45) is 0 Å². The summed E-state index contributed by atoms with van der Waals surface area (Å²) in [6.45, 7) is 1.43. The second-order valence-corrected chi connectivity index (χ2v) is 2.63. The molecule has 0 aliphatic heterocycles. The van der Waals surface area contributed by atoms with Gasteiger partial charge in [-0.05, 0) is 6.92 Å². The molecule has 0 heterocycles. The highest BCUT2D eigenvalue weighted by Gasteiger charge is 2.18. The van der Waals surface area contributed by atoms with Gasteiger partial charge in [0.05, 0.1) is 6.61 Å². The third-order valence-electron chi connectivity index (χ3n) is 1.25. The van der Waals surface area contributed by atoms with E-state index in [0.717, 1.165) is 0 Å². The van der Waals surface area contributed by atoms with Crippen LogP contribution in [0, 0.1) is 0 Å². The fraction of sp³-hybridized carbons (Fsp3) is 0.714. The lowest BCUT2D eigenvalue weighted by Crippen LogP contribution is -2.29. The summed E-state index contributed by atoms with van der Waals surface area (Å²) >= 11 is 3.43. The van der Waals surface area contributed by atoms with Gasteiger partial charge in [-0.15, -0.1) is 0 Å². The summed E-state index contributed by atoms with van der Waals surface area (Å²) in [7, 11) is 0. The number of amides is 1. The van der Waals surface area contributed by atoms with E-state index in [1.54, 1.807) is 0 Å². The molecule has 0 rings (SSSR count). The number of carbonyl (C=O) groups excluding carboxylic acids is 2. The number of thiol groups is 1. The van der Waals surface area contributed by atoms with Crippen LogP contribution < -0.4 is 4.72 Å². The van der Waals surface area contributed by atoms with Gasteiger partial charge in [0, 0.05) is 13.0 Å². The van der Waals surface area contributed by atoms with Crippen molar-refractivity contribution >= 4 is 24.9 Å². The molecule has 82 valence electrons. The van der Waals surface area contributed by atoms with Crippen LogP contribution in [-0.4, -0.2) is 36.5 Å². The molecular weight excluding hydrogens is 210 g/mol. The standard InChI is InChI=1S/C7H13NO5S/c1-5(13-7(11)8-14)6(10)12-4-2-3-9/h5,9,14H,2-4H2,1H3,(H,8,11). The van der Waals surface area contributed by atoms with Gasteiger partial charge in [-0.1, -0.05) is 12.8 Å². The minimum Gasteiger partial charge on any atom is -0.463 e. The Morgan fingerprint density at radius 2 is 2.21 bits per heavy atom. The van der Waals surface area contributed by atoms with Crippen LogP contribution in [0.3, 0.4) is 0 Å². The molecule has 0 aromatic heterocycles. The molecule has 0 aliphatic rings. The Bertz CT molecular complexity index is 199. The molecule has 0 saturated carbocycles. The van der Waals surface area contributed by atoms with Crippen molar-refractivity contribution in [2.45, 2.75) is 19.4 Å². The molecule has 0 aromatic carbocycles. The minimum absolute atomic E-state index is 0.0559. The fourth-order valence-corrected chi connectivity index (χ4v) is 0.642. The third-order valence-corrected chi connectivity index (χ3v) is 1.44. The Kier molecular flexibility index (Phi) is 6.95. The Balaban J connectivity index is 3.70. The summed E-state index contributed by atoms with van der Waals surface area (Å²) in [5, 5.41) is 8.40. The Hall–Kier alpha value is -0.950. The van der Waals surface area contributed by atoms with Crippen LogP contribution in [0.4, 0.5) is 4.79 Å². The molecule has 0 bridgehead atoms. The SMILES string of the molecule is CC(OC(=O)NS)C(=O)OCCCO. The van der Waals surface area contributed by atoms with E-state index in [-0.39, 0.29) is 13.2 Å². The molecule has 14 heavy (non-hydrogen) atoms. The number of nitrogens with one attached hydrogen (secondary N) is 1. The lowest BCUT2D eigenvalue weighted by molar-refractivity contribution is -0.152. The first-order valence-electron chi connectivity index (χ1n) is 4.00. The number of aliphatic hydroxyl groups excluding tert-OH is 1. The van der Waals surface area contributed by atoms with Gasteiger partial charge in [0.15, 0.2) is 6.10 Å². The highest BCUT2D eigenvalue weighted by atomic mass is 32.1. The van der Waals surface area contributed by atoms with Gasteiger partial charge in [0.25, 0.3) is 0 Å². The predicted octanol–water partition coefficient (Wildman–Crippen LogP) is -0.129. The molecule has 0 fully saturated rings. The molecule has 1 amide bonds. The van der Waals surface area contributed by atoms with Crippen LogP contribution in [0.2, 0.25) is 0 Å². The highest BCUT2D eigenvalue weighted by Crippen LogP contribution is 1.96. The summed E-state index contributed by atoms with van der Waals surface area (Å²) in [4.78, 5) is 21.6. The Morgan fingerprint density at radius 3 is 2.71 bits per heavy atom. The van der Waals surface area contributed by atoms with E-state index in [1.807, 2.05) is 4.72 Å². The van der Waals surface area contributed by atoms with Crippen molar-refractivity contribution in [2.75, 3.05) is 13.2 Å². The van der Waals surface area contributed by atoms with Crippen molar-refractivity contribution in [1.82, 2.24) is 4.72 Å². The second-order valence-electron chi connectivity index (χ2n) is 2.40. The maximum atomic E-state index is 11.0. The van der Waals surface area contributed by atoms with Gasteiger partial charge in [-0.2, -0.15) is 0 Å². The average molecular weight is 223 g/mol. The van der Waals surface area contributed by atoms with Crippen LogP contribution in [0.25, 0.3) is 0 Å². The number of hydrogen-bond acceptors (Lipinski definition) is 6. The van der Waals surface area contributed by atoms with E-state index in [2.05, 4.69) is 22.3 Å². The summed E-state index contributed by atoms with van der Waals surface area (Å²) in [6.07, 6.45) is -1.45. The average Bonchev–Trinajstić information content (AvgIpc) is 2.17. The number of ether oxygens (including phenoxy) is 2. The third kappa shape index (κ3) is 5.65. The van der Waals surface area contributed by atoms with E-state index in [9.17, 15) is 9.59 Å². The second kappa shape index (κ2) is 7.45. The monoisotopic (exact) mass is 223 g/mol. The van der Waals surface area contributed by atoms with Gasteiger partial charge in [-0.3, -0.25) is 4.72 Å². The molecule has 2 N–H and O–H groups in total. The molecule has 0 spiro atoms. The predicted molar refractivity (Wildman–Crippen MR) is 50.7 cm³/mol. The summed E-state index contributed by atoms with van der Waals surface area (Å²) in [6, 6.07) is 0. The van der Waals surface area contributed by atoms with Gasteiger partial charge >= 0.3 is 12.1 Å². The molecule has 6 nitrogen and oxygen atoms in total. The Morgan fingerprint density at radius 1 is 1.57 bits per heavy atom. The van der Waals surface area contributed by atoms with Crippen molar-refractivity contribution in [3.05, 3.63) is 0 Å². The van der Waals surface area contributed by atoms with Crippen LogP contribution in [0.15, 0.2) is 0 Å². The normalized spacial score (nSPS) is 11.6. The van der Waals surface area contributed by atoms with Gasteiger partial charge in [0.2, 0.25) is 0 Å². The maximum absolute atomic E-state index is 11.0. The number of aliphatic hydroxyl groups is 1. The van der Waals surface area contributed by atoms with Gasteiger partial charge < -0.3 is 14.6 Å². The molecular formula is C7H13NO5S. The molecule has 0 aromatic rings. The van der Waals surface area contributed by atoms with E-state index in [0.29, 0.717) is 6.42 Å². The maximum Gasteiger partial charge on any atom is 0.417 e. The molecule has 1 atom stereocenters. The fourth-order valence-electron chi connectivity index (χ4n) is 0.590. The Labute approximate surface area is 87.1 Å². The first kappa shape index (κ1) is 13.1. The number of hydrogen-bond donors (Lipinski definition) is 3. The zero-order chi connectivity index (χ0) is 11.0. The lowest BCUT2D eigenvalue weighted by atomic mass is 10.4. The van der Waals surface area contributed by atoms with Crippen molar-refractivity contribution in [1.29, 1.82) is 0 Å². The molecule has 0 radical (unpaired) electrons. The number of esters is 1. The van der Waals surface area contributed by atoms with Crippen molar-refractivity contribution in [3.8, 4) is 0 Å². The van der Waals surface area contributed by atoms with Crippen molar-refractivity contribution < 1.29 is 24.2 Å². The summed E-state index contributed by atoms with van der Waals surface area (Å²) in [5.74, 6) is -0.657. The van der Waals surface area contributed by atoms with Gasteiger partial charge in [-0.25, -0.2) is 9.59 Å². The van der Waals surface area contributed by atoms with Crippen LogP contribution >= 0.6 is 12.8 Å². The summed E-state index contributed by atoms with van der Waals surface area (Å²) < 4.78 is 11.1. The first-order chi connectivity index (χ1) is 6.61. The number of carbonyl (C=O) groups is 2. The summed E-state index contributed by atoms with van der Waals surface area (Å²) in [5.41, 5.74) is 0. The van der Waals surface area contributed by atoms with Gasteiger partial charge in [0.1, 0.15) is 0 Å². The first-order valence-corrected chi connectivity index (χ1v) is 4.44. The van der Waals surface area contributed by atoms with E-state index >= 15 is 0 Å². The topological polar surface area (TPSA) is 84.9 Å². The highest BCUT2D eigenvalue weighted by molar-refractivity contribution is 7.78. The van der Waals surface area contributed by atoms with E-state index in [1.165, 1.54) is 6.92 Å². The molecule has 0 aliphatic carbocycles. The molecule has 1 unspecified atom stereocenters. The smallest absolute Gasteiger partial charge is 0.417 e. The number of rotatable bonds is 5.